The zero-order valence-corrected chi connectivity index (χ0v) is 13.2. The number of hydrogen-bond donors (Lipinski definition) is 5. The summed E-state index contributed by atoms with van der Waals surface area (Å²) in [5.74, 6) is -0.433. The summed E-state index contributed by atoms with van der Waals surface area (Å²) in [6.07, 6.45) is 0.468. The molecule has 0 fully saturated rings. The molecule has 0 amide bonds. The lowest BCUT2D eigenvalue weighted by atomic mass is 9.89. The Balaban J connectivity index is 2.44. The number of rotatable bonds is 6. The zero-order valence-electron chi connectivity index (χ0n) is 12.3. The van der Waals surface area contributed by atoms with Crippen molar-refractivity contribution in [1.29, 1.82) is 0 Å². The highest BCUT2D eigenvalue weighted by Crippen LogP contribution is 2.39. The van der Waals surface area contributed by atoms with E-state index in [0.29, 0.717) is 6.42 Å². The van der Waals surface area contributed by atoms with Crippen molar-refractivity contribution >= 4 is 12.9 Å². The summed E-state index contributed by atoms with van der Waals surface area (Å²) < 4.78 is 11.6. The Hall–Kier alpha value is -1.85. The molecular formula is C16H19O6P. The minimum absolute atomic E-state index is 0.0675. The van der Waals surface area contributed by atoms with Crippen LogP contribution in [-0.2, 0) is 11.0 Å². The first-order chi connectivity index (χ1) is 10.8. The van der Waals surface area contributed by atoms with E-state index in [2.05, 4.69) is 0 Å². The molecule has 124 valence electrons. The number of phenolic OH excluding ortho intramolecular Hbond substituents is 2. The summed E-state index contributed by atoms with van der Waals surface area (Å²) in [4.78, 5) is 18.9. The van der Waals surface area contributed by atoms with Crippen LogP contribution in [-0.4, -0.2) is 31.7 Å². The molecule has 0 aliphatic heterocycles. The van der Waals surface area contributed by atoms with E-state index in [1.807, 2.05) is 0 Å². The number of aliphatic hydroxyl groups excluding tert-OH is 1. The van der Waals surface area contributed by atoms with E-state index in [1.165, 1.54) is 30.3 Å². The number of hydrogen-bond acceptors (Lipinski definition) is 4. The monoisotopic (exact) mass is 338 g/mol. The molecule has 0 aliphatic rings. The van der Waals surface area contributed by atoms with Crippen LogP contribution in [0.15, 0.2) is 42.5 Å². The largest absolute Gasteiger partial charge is 0.508 e. The van der Waals surface area contributed by atoms with Gasteiger partial charge < -0.3 is 25.1 Å². The van der Waals surface area contributed by atoms with Gasteiger partial charge in [-0.25, -0.2) is 0 Å². The molecule has 2 aromatic rings. The molecule has 0 saturated carbocycles. The van der Waals surface area contributed by atoms with Gasteiger partial charge in [0.15, 0.2) is 0 Å². The quantitative estimate of drug-likeness (QED) is 0.511. The van der Waals surface area contributed by atoms with Crippen LogP contribution >= 0.6 is 7.60 Å². The lowest BCUT2D eigenvalue weighted by Crippen LogP contribution is -2.15. The van der Waals surface area contributed by atoms with Gasteiger partial charge in [0.2, 0.25) is 0 Å². The Bertz CT molecular complexity index is 724. The zero-order chi connectivity index (χ0) is 17.0. The van der Waals surface area contributed by atoms with Crippen molar-refractivity contribution < 1.29 is 29.7 Å². The van der Waals surface area contributed by atoms with Gasteiger partial charge in [0.25, 0.3) is 0 Å². The Labute approximate surface area is 133 Å². The van der Waals surface area contributed by atoms with E-state index in [9.17, 15) is 29.7 Å². The predicted octanol–water partition coefficient (Wildman–Crippen LogP) is 1.61. The smallest absolute Gasteiger partial charge is 0.356 e. The summed E-state index contributed by atoms with van der Waals surface area (Å²) in [7, 11) is -4.53. The third kappa shape index (κ3) is 4.33. The van der Waals surface area contributed by atoms with E-state index >= 15 is 0 Å². The summed E-state index contributed by atoms with van der Waals surface area (Å²) in [5.41, 5.74) is 0.876. The molecule has 0 aliphatic carbocycles. The molecule has 0 bridgehead atoms. The molecule has 1 unspecified atom stereocenters. The van der Waals surface area contributed by atoms with Crippen LogP contribution in [0.4, 0.5) is 0 Å². The molecule has 2 rings (SSSR count). The molecule has 6 nitrogen and oxygen atoms in total. The fraction of sp³-hybridized carbons (Fsp3) is 0.250. The van der Waals surface area contributed by atoms with Crippen molar-refractivity contribution in [3.05, 3.63) is 53.6 Å². The minimum Gasteiger partial charge on any atom is -0.508 e. The molecule has 7 heteroatoms. The Kier molecular flexibility index (Phi) is 5.44. The van der Waals surface area contributed by atoms with Crippen molar-refractivity contribution in [3.8, 4) is 11.5 Å². The average molecular weight is 338 g/mol. The third-order valence-corrected chi connectivity index (χ3v) is 4.76. The second-order valence-electron chi connectivity index (χ2n) is 5.33. The third-order valence-electron chi connectivity index (χ3n) is 3.71. The van der Waals surface area contributed by atoms with Gasteiger partial charge in [0.1, 0.15) is 11.5 Å². The first-order valence-corrected chi connectivity index (χ1v) is 8.71. The van der Waals surface area contributed by atoms with Crippen molar-refractivity contribution in [3.63, 3.8) is 0 Å². The maximum Gasteiger partial charge on any atom is 0.356 e. The van der Waals surface area contributed by atoms with Crippen LogP contribution in [0.3, 0.4) is 0 Å². The van der Waals surface area contributed by atoms with E-state index in [0.717, 1.165) is 5.56 Å². The Morgan fingerprint density at radius 3 is 2.35 bits per heavy atom. The molecule has 0 saturated heterocycles. The van der Waals surface area contributed by atoms with Gasteiger partial charge in [-0.2, -0.15) is 0 Å². The van der Waals surface area contributed by atoms with Crippen LogP contribution in [0, 0.1) is 0 Å². The second-order valence-corrected chi connectivity index (χ2v) is 6.90. The number of phenols is 2. The highest BCUT2D eigenvalue weighted by Gasteiger charge is 2.25. The molecule has 0 aromatic heterocycles. The fourth-order valence-corrected chi connectivity index (χ4v) is 3.45. The minimum atomic E-state index is -4.53. The lowest BCUT2D eigenvalue weighted by molar-refractivity contribution is 0.274. The van der Waals surface area contributed by atoms with E-state index in [-0.39, 0.29) is 41.3 Å². The molecule has 2 aromatic carbocycles. The van der Waals surface area contributed by atoms with E-state index in [4.69, 9.17) is 0 Å². The van der Waals surface area contributed by atoms with Crippen LogP contribution < -0.4 is 5.30 Å². The summed E-state index contributed by atoms with van der Waals surface area (Å²) >= 11 is 0. The Morgan fingerprint density at radius 1 is 1.04 bits per heavy atom. The molecule has 0 spiro atoms. The fourth-order valence-electron chi connectivity index (χ4n) is 2.61. The van der Waals surface area contributed by atoms with Gasteiger partial charge in [0, 0.05) is 12.2 Å². The molecule has 0 radical (unpaired) electrons. The normalized spacial score (nSPS) is 13.0. The van der Waals surface area contributed by atoms with Gasteiger partial charge in [0.05, 0.1) is 5.30 Å². The van der Waals surface area contributed by atoms with Crippen molar-refractivity contribution in [2.45, 2.75) is 18.8 Å². The topological polar surface area (TPSA) is 118 Å². The second kappa shape index (κ2) is 7.15. The highest BCUT2D eigenvalue weighted by molar-refractivity contribution is 7.60. The van der Waals surface area contributed by atoms with Crippen molar-refractivity contribution in [1.82, 2.24) is 0 Å². The van der Waals surface area contributed by atoms with Gasteiger partial charge >= 0.3 is 7.60 Å². The molecular weight excluding hydrogens is 319 g/mol. The standard InChI is InChI=1S/C16H19O6P/c17-8-7-12(11-3-1-4-13(18)9-11)10-14-15(19)5-2-6-16(14)23(20,21)22/h1-6,9,12,17-19H,7-8,10H2,(H2,20,21,22). The molecule has 23 heavy (non-hydrogen) atoms. The molecule has 5 N–H and O–H groups in total. The van der Waals surface area contributed by atoms with E-state index < -0.39 is 7.60 Å². The van der Waals surface area contributed by atoms with Crippen LogP contribution in [0.1, 0.15) is 23.5 Å². The van der Waals surface area contributed by atoms with Gasteiger partial charge in [-0.1, -0.05) is 18.2 Å². The first-order valence-electron chi connectivity index (χ1n) is 7.09. The molecule has 0 heterocycles. The number of aromatic hydroxyl groups is 2. The summed E-state index contributed by atoms with van der Waals surface area (Å²) in [6, 6.07) is 10.5. The SMILES string of the molecule is O=P(O)(O)c1cccc(O)c1CC(CCO)c1cccc(O)c1. The average Bonchev–Trinajstić information content (AvgIpc) is 2.47. The van der Waals surface area contributed by atoms with E-state index in [1.54, 1.807) is 12.1 Å². The highest BCUT2D eigenvalue weighted by atomic mass is 31.2. The van der Waals surface area contributed by atoms with Crippen LogP contribution in [0.2, 0.25) is 0 Å². The van der Waals surface area contributed by atoms with Gasteiger partial charge in [-0.05, 0) is 48.6 Å². The lowest BCUT2D eigenvalue weighted by Gasteiger charge is -2.20. The summed E-state index contributed by atoms with van der Waals surface area (Å²) in [5, 5.41) is 28.7. The maximum absolute atomic E-state index is 11.6. The Morgan fingerprint density at radius 2 is 1.74 bits per heavy atom. The van der Waals surface area contributed by atoms with Crippen LogP contribution in [0.5, 0.6) is 11.5 Å². The summed E-state index contributed by atoms with van der Waals surface area (Å²) in [6.45, 7) is -0.126. The van der Waals surface area contributed by atoms with Crippen molar-refractivity contribution in [2.75, 3.05) is 6.61 Å². The first kappa shape index (κ1) is 17.5. The predicted molar refractivity (Wildman–Crippen MR) is 86.0 cm³/mol. The van der Waals surface area contributed by atoms with Crippen LogP contribution in [0.25, 0.3) is 0 Å². The number of benzene rings is 2. The maximum atomic E-state index is 11.6. The number of aliphatic hydroxyl groups is 1. The molecule has 1 atom stereocenters. The van der Waals surface area contributed by atoms with Gasteiger partial charge in [-0.15, -0.1) is 0 Å². The van der Waals surface area contributed by atoms with Gasteiger partial charge in [-0.3, -0.25) is 4.57 Å². The van der Waals surface area contributed by atoms with Crippen molar-refractivity contribution in [2.24, 2.45) is 0 Å².